The molecule has 1 amide bonds. The Balaban J connectivity index is 1.69. The minimum atomic E-state index is -0.116. The monoisotopic (exact) mass is 518 g/mol. The number of nitrogens with zero attached hydrogens (tertiary/aromatic N) is 1. The number of methoxy groups -OCH3 is 2. The molecule has 0 fully saturated rings. The number of ether oxygens (including phenoxy) is 3. The first-order chi connectivity index (χ1) is 19.0. The summed E-state index contributed by atoms with van der Waals surface area (Å²) in [6.07, 6.45) is 1.88. The van der Waals surface area contributed by atoms with E-state index in [0.717, 1.165) is 33.8 Å². The number of hydrogen-bond acceptors (Lipinski definition) is 5. The minimum Gasteiger partial charge on any atom is -0.493 e. The van der Waals surface area contributed by atoms with Gasteiger partial charge in [0.15, 0.2) is 11.5 Å². The predicted octanol–water partition coefficient (Wildman–Crippen LogP) is 7.31. The van der Waals surface area contributed by atoms with Crippen molar-refractivity contribution in [3.05, 3.63) is 119 Å². The maximum absolute atomic E-state index is 11.4. The lowest BCUT2D eigenvalue weighted by Crippen LogP contribution is -2.18. The quantitative estimate of drug-likeness (QED) is 0.261. The van der Waals surface area contributed by atoms with Crippen LogP contribution in [0.15, 0.2) is 102 Å². The van der Waals surface area contributed by atoms with Gasteiger partial charge >= 0.3 is 0 Å². The van der Waals surface area contributed by atoms with Crippen molar-refractivity contribution in [1.29, 1.82) is 0 Å². The van der Waals surface area contributed by atoms with Crippen LogP contribution in [0.25, 0.3) is 5.76 Å². The summed E-state index contributed by atoms with van der Waals surface area (Å²) in [5, 5.41) is 2.79. The fraction of sp³-hybridized carbons (Fsp3) is 0.152. The highest BCUT2D eigenvalue weighted by Gasteiger charge is 2.32. The van der Waals surface area contributed by atoms with E-state index in [0.29, 0.717) is 17.3 Å². The zero-order valence-electron chi connectivity index (χ0n) is 22.4. The molecule has 6 nitrogen and oxygen atoms in total. The summed E-state index contributed by atoms with van der Waals surface area (Å²) < 4.78 is 17.7. The summed E-state index contributed by atoms with van der Waals surface area (Å²) in [6, 6.07) is 29.7. The first kappa shape index (κ1) is 25.8. The molecule has 1 N–H and O–H groups in total. The second-order valence-electron chi connectivity index (χ2n) is 9.27. The number of benzene rings is 4. The molecule has 0 aromatic heterocycles. The first-order valence-electron chi connectivity index (χ1n) is 12.7. The second kappa shape index (κ2) is 11.3. The van der Waals surface area contributed by atoms with Crippen molar-refractivity contribution in [3.8, 4) is 17.2 Å². The molecule has 1 heterocycles. The number of allylic oxidation sites excluding steroid dienone is 1. The number of fused-ring (bicyclic) bond motifs is 1. The molecule has 0 aliphatic carbocycles. The van der Waals surface area contributed by atoms with Gasteiger partial charge in [-0.3, -0.25) is 9.79 Å². The van der Waals surface area contributed by atoms with Crippen LogP contribution in [0, 0.1) is 6.92 Å². The summed E-state index contributed by atoms with van der Waals surface area (Å²) in [5.74, 6) is 2.52. The van der Waals surface area contributed by atoms with E-state index in [-0.39, 0.29) is 11.8 Å². The lowest BCUT2D eigenvalue weighted by molar-refractivity contribution is -0.114. The Bertz CT molecular complexity index is 1570. The number of anilines is 1. The number of para-hydroxylation sites is 1. The lowest BCUT2D eigenvalue weighted by atomic mass is 9.80. The van der Waals surface area contributed by atoms with E-state index >= 15 is 0 Å². The lowest BCUT2D eigenvalue weighted by Gasteiger charge is -2.31. The molecule has 39 heavy (non-hydrogen) atoms. The molecule has 0 bridgehead atoms. The van der Waals surface area contributed by atoms with Crippen LogP contribution in [0.1, 0.15) is 35.1 Å². The van der Waals surface area contributed by atoms with Crippen LogP contribution < -0.4 is 19.5 Å². The highest BCUT2D eigenvalue weighted by molar-refractivity contribution is 5.95. The number of rotatable bonds is 7. The van der Waals surface area contributed by atoms with Gasteiger partial charge in [0.2, 0.25) is 5.91 Å². The highest BCUT2D eigenvalue weighted by atomic mass is 16.5. The molecule has 5 rings (SSSR count). The molecule has 4 aromatic rings. The Morgan fingerprint density at radius 1 is 0.872 bits per heavy atom. The average Bonchev–Trinajstić information content (AvgIpc) is 2.96. The summed E-state index contributed by atoms with van der Waals surface area (Å²) in [5.41, 5.74) is 6.66. The van der Waals surface area contributed by atoms with Crippen LogP contribution in [0.5, 0.6) is 17.2 Å². The van der Waals surface area contributed by atoms with E-state index in [1.54, 1.807) is 14.2 Å². The van der Waals surface area contributed by atoms with Gasteiger partial charge in [-0.2, -0.15) is 0 Å². The topological polar surface area (TPSA) is 69.2 Å². The van der Waals surface area contributed by atoms with E-state index in [9.17, 15) is 4.79 Å². The Morgan fingerprint density at radius 3 is 2.26 bits per heavy atom. The third-order valence-electron chi connectivity index (χ3n) is 6.70. The van der Waals surface area contributed by atoms with Gasteiger partial charge in [0.1, 0.15) is 11.5 Å². The molecule has 0 spiro atoms. The van der Waals surface area contributed by atoms with Crippen LogP contribution in [0.3, 0.4) is 0 Å². The number of carbonyl (C=O) groups excluding carboxylic acids is 1. The van der Waals surface area contributed by atoms with Crippen molar-refractivity contribution < 1.29 is 19.0 Å². The molecular weight excluding hydrogens is 488 g/mol. The third-order valence-corrected chi connectivity index (χ3v) is 6.70. The number of aryl methyl sites for hydroxylation is 1. The van der Waals surface area contributed by atoms with Gasteiger partial charge in [-0.05, 0) is 66.6 Å². The molecule has 0 saturated heterocycles. The molecular formula is C33H30N2O4. The molecule has 1 aliphatic rings. The van der Waals surface area contributed by atoms with Crippen molar-refractivity contribution >= 4 is 29.3 Å². The van der Waals surface area contributed by atoms with E-state index in [1.807, 2.05) is 72.9 Å². The van der Waals surface area contributed by atoms with Gasteiger partial charge in [0.25, 0.3) is 0 Å². The van der Waals surface area contributed by atoms with Crippen LogP contribution in [0.4, 0.5) is 11.4 Å². The molecule has 0 radical (unpaired) electrons. The van der Waals surface area contributed by atoms with Crippen LogP contribution >= 0.6 is 0 Å². The van der Waals surface area contributed by atoms with Crippen LogP contribution in [0.2, 0.25) is 0 Å². The highest BCUT2D eigenvalue weighted by Crippen LogP contribution is 2.46. The van der Waals surface area contributed by atoms with Crippen molar-refractivity contribution in [2.45, 2.75) is 19.8 Å². The zero-order valence-corrected chi connectivity index (χ0v) is 22.4. The van der Waals surface area contributed by atoms with E-state index < -0.39 is 0 Å². The maximum atomic E-state index is 11.4. The van der Waals surface area contributed by atoms with Gasteiger partial charge in [-0.25, -0.2) is 0 Å². The van der Waals surface area contributed by atoms with E-state index in [4.69, 9.17) is 19.2 Å². The number of nitrogens with one attached hydrogen (secondary N) is 1. The fourth-order valence-electron chi connectivity index (χ4n) is 4.84. The van der Waals surface area contributed by atoms with Gasteiger partial charge in [0, 0.05) is 41.4 Å². The molecule has 4 aromatic carbocycles. The third kappa shape index (κ3) is 5.41. The predicted molar refractivity (Wildman–Crippen MR) is 155 cm³/mol. The standard InChI is InChI=1S/C33H30N2O4/c1-21-9-5-6-10-26(21)32-27-11-7-8-12-29(27)39-33(23-13-18-30(37-3)31(19-23)38-4)28(32)20-34-24-14-16-25(17-15-24)35-22(2)36/h5-20,32H,1-4H3,(H,35,36). The van der Waals surface area contributed by atoms with Crippen LogP contribution in [-0.4, -0.2) is 26.3 Å². The van der Waals surface area contributed by atoms with Crippen molar-refractivity contribution in [2.75, 3.05) is 19.5 Å². The molecule has 1 aliphatic heterocycles. The van der Waals surface area contributed by atoms with Crippen molar-refractivity contribution in [1.82, 2.24) is 0 Å². The zero-order chi connectivity index (χ0) is 27.4. The second-order valence-corrected chi connectivity index (χ2v) is 9.27. The van der Waals surface area contributed by atoms with E-state index in [1.165, 1.54) is 18.1 Å². The fourth-order valence-corrected chi connectivity index (χ4v) is 4.84. The Morgan fingerprint density at radius 2 is 1.56 bits per heavy atom. The van der Waals surface area contributed by atoms with Gasteiger partial charge in [0.05, 0.1) is 19.9 Å². The van der Waals surface area contributed by atoms with E-state index in [2.05, 4.69) is 36.5 Å². The number of carbonyl (C=O) groups is 1. The molecule has 196 valence electrons. The Kier molecular flexibility index (Phi) is 7.46. The molecule has 1 unspecified atom stereocenters. The first-order valence-corrected chi connectivity index (χ1v) is 12.7. The largest absolute Gasteiger partial charge is 0.493 e. The van der Waals surface area contributed by atoms with Gasteiger partial charge < -0.3 is 19.5 Å². The SMILES string of the molecule is COc1ccc(C2=C(C=Nc3ccc(NC(C)=O)cc3)C(c3ccccc3C)c3ccccc3O2)cc1OC. The minimum absolute atomic E-state index is 0.110. The number of hydrogen-bond donors (Lipinski definition) is 1. The number of amides is 1. The molecule has 6 heteroatoms. The summed E-state index contributed by atoms with van der Waals surface area (Å²) in [4.78, 5) is 16.3. The van der Waals surface area contributed by atoms with Crippen molar-refractivity contribution in [2.24, 2.45) is 4.99 Å². The normalized spacial score (nSPS) is 14.5. The average molecular weight is 519 g/mol. The number of aliphatic imine (C=N–C) groups is 1. The Labute approximate surface area is 228 Å². The molecule has 1 atom stereocenters. The summed E-state index contributed by atoms with van der Waals surface area (Å²) in [7, 11) is 3.24. The Hall–Kier alpha value is -4.84. The summed E-state index contributed by atoms with van der Waals surface area (Å²) in [6.45, 7) is 3.61. The van der Waals surface area contributed by atoms with Gasteiger partial charge in [-0.1, -0.05) is 42.5 Å². The summed E-state index contributed by atoms with van der Waals surface area (Å²) >= 11 is 0. The smallest absolute Gasteiger partial charge is 0.221 e. The van der Waals surface area contributed by atoms with Crippen LogP contribution in [-0.2, 0) is 4.79 Å². The van der Waals surface area contributed by atoms with Crippen molar-refractivity contribution in [3.63, 3.8) is 0 Å². The molecule has 0 saturated carbocycles. The maximum Gasteiger partial charge on any atom is 0.221 e. The van der Waals surface area contributed by atoms with Gasteiger partial charge in [-0.15, -0.1) is 0 Å².